The lowest BCUT2D eigenvalue weighted by Crippen LogP contribution is -2.23. The minimum Gasteiger partial charge on any atom is -0.493 e. The third-order valence-corrected chi connectivity index (χ3v) is 2.83. The summed E-state index contributed by atoms with van der Waals surface area (Å²) in [4.78, 5) is 11.0. The van der Waals surface area contributed by atoms with Gasteiger partial charge < -0.3 is 15.4 Å². The van der Waals surface area contributed by atoms with Crippen molar-refractivity contribution < 1.29 is 9.53 Å². The number of amides is 1. The van der Waals surface area contributed by atoms with Gasteiger partial charge in [0.25, 0.3) is 0 Å². The Morgan fingerprint density at radius 1 is 1.28 bits per heavy atom. The number of carbonyl (C=O) groups excluding carboxylic acids is 1. The Morgan fingerprint density at radius 3 is 2.50 bits per heavy atom. The Morgan fingerprint density at radius 2 is 1.94 bits per heavy atom. The third kappa shape index (κ3) is 5.19. The van der Waals surface area contributed by atoms with Crippen molar-refractivity contribution in [2.75, 3.05) is 20.7 Å². The summed E-state index contributed by atoms with van der Waals surface area (Å²) >= 11 is 0. The van der Waals surface area contributed by atoms with Crippen LogP contribution in [0.2, 0.25) is 0 Å². The van der Waals surface area contributed by atoms with Crippen molar-refractivity contribution in [2.45, 2.75) is 25.8 Å². The van der Waals surface area contributed by atoms with Crippen molar-refractivity contribution in [3.63, 3.8) is 0 Å². The summed E-state index contributed by atoms with van der Waals surface area (Å²) < 4.78 is 5.49. The van der Waals surface area contributed by atoms with Crippen LogP contribution in [0.1, 0.15) is 18.9 Å². The summed E-state index contributed by atoms with van der Waals surface area (Å²) in [5, 5.41) is 5.77. The van der Waals surface area contributed by atoms with Crippen molar-refractivity contribution in [3.8, 4) is 5.75 Å². The lowest BCUT2D eigenvalue weighted by atomic mass is 10.1. The minimum atomic E-state index is -0.00512. The van der Waals surface area contributed by atoms with Gasteiger partial charge in [-0.3, -0.25) is 4.79 Å². The molecule has 1 rings (SSSR count). The van der Waals surface area contributed by atoms with E-state index in [9.17, 15) is 4.79 Å². The van der Waals surface area contributed by atoms with Gasteiger partial charge in [0.2, 0.25) is 5.91 Å². The molecule has 1 aromatic carbocycles. The summed E-state index contributed by atoms with van der Waals surface area (Å²) in [6.45, 7) is 2.56. The second-order valence-corrected chi connectivity index (χ2v) is 4.31. The summed E-state index contributed by atoms with van der Waals surface area (Å²) in [5.74, 6) is 0.800. The number of hydrogen-bond acceptors (Lipinski definition) is 3. The molecule has 1 atom stereocenters. The van der Waals surface area contributed by atoms with Gasteiger partial charge in [-0.05, 0) is 38.1 Å². The smallest absolute Gasteiger partial charge is 0.223 e. The fourth-order valence-electron chi connectivity index (χ4n) is 1.56. The zero-order valence-electron chi connectivity index (χ0n) is 11.3. The van der Waals surface area contributed by atoms with E-state index in [4.69, 9.17) is 4.74 Å². The van der Waals surface area contributed by atoms with Crippen molar-refractivity contribution in [1.82, 2.24) is 10.6 Å². The van der Waals surface area contributed by atoms with Gasteiger partial charge >= 0.3 is 0 Å². The Bertz CT molecular complexity index is 363. The molecule has 0 radical (unpaired) electrons. The molecule has 0 saturated carbocycles. The molecular weight excluding hydrogens is 228 g/mol. The van der Waals surface area contributed by atoms with E-state index in [-0.39, 0.29) is 5.91 Å². The fourth-order valence-corrected chi connectivity index (χ4v) is 1.56. The number of benzene rings is 1. The monoisotopic (exact) mass is 250 g/mol. The molecule has 0 spiro atoms. The van der Waals surface area contributed by atoms with Gasteiger partial charge in [0.05, 0.1) is 13.0 Å². The van der Waals surface area contributed by atoms with Crippen molar-refractivity contribution in [2.24, 2.45) is 0 Å². The lowest BCUT2D eigenvalue weighted by molar-refractivity contribution is -0.121. The highest BCUT2D eigenvalue weighted by atomic mass is 16.5. The Kier molecular flexibility index (Phi) is 6.22. The van der Waals surface area contributed by atoms with E-state index in [1.54, 1.807) is 7.05 Å². The fraction of sp³-hybridized carbons (Fsp3) is 0.500. The maximum atomic E-state index is 11.0. The molecule has 0 aliphatic rings. The predicted octanol–water partition coefficient (Wildman–Crippen LogP) is 1.35. The molecule has 2 N–H and O–H groups in total. The molecule has 100 valence electrons. The second kappa shape index (κ2) is 7.71. The molecular formula is C14H22N2O2. The summed E-state index contributed by atoms with van der Waals surface area (Å²) in [6, 6.07) is 8.47. The zero-order valence-corrected chi connectivity index (χ0v) is 11.3. The first kappa shape index (κ1) is 14.5. The van der Waals surface area contributed by atoms with Crippen LogP contribution in [0, 0.1) is 0 Å². The first-order chi connectivity index (χ1) is 8.65. The van der Waals surface area contributed by atoms with Gasteiger partial charge in [-0.2, -0.15) is 0 Å². The number of ether oxygens (including phenoxy) is 1. The van der Waals surface area contributed by atoms with E-state index in [0.717, 1.165) is 12.2 Å². The van der Waals surface area contributed by atoms with Gasteiger partial charge in [0.1, 0.15) is 5.75 Å². The quantitative estimate of drug-likeness (QED) is 0.768. The maximum Gasteiger partial charge on any atom is 0.223 e. The molecule has 0 aromatic heterocycles. The molecule has 1 unspecified atom stereocenters. The van der Waals surface area contributed by atoms with Crippen molar-refractivity contribution >= 4 is 5.91 Å². The Hall–Kier alpha value is -1.55. The van der Waals surface area contributed by atoms with E-state index in [1.165, 1.54) is 5.56 Å². The third-order valence-electron chi connectivity index (χ3n) is 2.83. The lowest BCUT2D eigenvalue weighted by Gasteiger charge is -2.11. The van der Waals surface area contributed by atoms with Crippen LogP contribution in [0.15, 0.2) is 24.3 Å². The summed E-state index contributed by atoms with van der Waals surface area (Å²) in [7, 11) is 3.58. The van der Waals surface area contributed by atoms with Gasteiger partial charge in [-0.25, -0.2) is 0 Å². The van der Waals surface area contributed by atoms with Crippen molar-refractivity contribution in [1.29, 1.82) is 0 Å². The zero-order chi connectivity index (χ0) is 13.4. The highest BCUT2D eigenvalue weighted by Gasteiger charge is 2.02. The van der Waals surface area contributed by atoms with E-state index < -0.39 is 0 Å². The molecule has 4 heteroatoms. The Labute approximate surface area is 109 Å². The second-order valence-electron chi connectivity index (χ2n) is 4.31. The molecule has 0 saturated heterocycles. The van der Waals surface area contributed by atoms with Crippen LogP contribution in [0.5, 0.6) is 5.75 Å². The highest BCUT2D eigenvalue weighted by Crippen LogP contribution is 2.13. The molecule has 0 heterocycles. The van der Waals surface area contributed by atoms with Crippen LogP contribution >= 0.6 is 0 Å². The molecule has 4 nitrogen and oxygen atoms in total. The van der Waals surface area contributed by atoms with Crippen LogP contribution in [0.25, 0.3) is 0 Å². The van der Waals surface area contributed by atoms with E-state index in [0.29, 0.717) is 19.1 Å². The number of rotatable bonds is 7. The number of nitrogens with one attached hydrogen (secondary N) is 2. The molecule has 0 aliphatic carbocycles. The average molecular weight is 250 g/mol. The van der Waals surface area contributed by atoms with Crippen LogP contribution in [0.4, 0.5) is 0 Å². The molecule has 0 bridgehead atoms. The van der Waals surface area contributed by atoms with E-state index >= 15 is 0 Å². The SMILES string of the molecule is CNC(=O)CCOc1ccc(CC(C)NC)cc1. The normalized spacial score (nSPS) is 11.9. The molecule has 1 amide bonds. The molecule has 18 heavy (non-hydrogen) atoms. The average Bonchev–Trinajstić information content (AvgIpc) is 2.40. The minimum absolute atomic E-state index is 0.00512. The Balaban J connectivity index is 2.38. The first-order valence-corrected chi connectivity index (χ1v) is 6.25. The van der Waals surface area contributed by atoms with Crippen LogP contribution in [0.3, 0.4) is 0 Å². The van der Waals surface area contributed by atoms with Crippen LogP contribution in [-0.2, 0) is 11.2 Å². The van der Waals surface area contributed by atoms with Gasteiger partial charge in [0, 0.05) is 13.1 Å². The summed E-state index contributed by atoms with van der Waals surface area (Å²) in [6.07, 6.45) is 1.38. The largest absolute Gasteiger partial charge is 0.493 e. The predicted molar refractivity (Wildman–Crippen MR) is 72.8 cm³/mol. The highest BCUT2D eigenvalue weighted by molar-refractivity contribution is 5.75. The number of carbonyl (C=O) groups is 1. The van der Waals surface area contributed by atoms with Crippen molar-refractivity contribution in [3.05, 3.63) is 29.8 Å². The maximum absolute atomic E-state index is 11.0. The molecule has 0 fully saturated rings. The topological polar surface area (TPSA) is 50.4 Å². The van der Waals surface area contributed by atoms with E-state index in [1.807, 2.05) is 19.2 Å². The van der Waals surface area contributed by atoms with Gasteiger partial charge in [-0.15, -0.1) is 0 Å². The standard InChI is InChI=1S/C14H22N2O2/c1-11(15-2)10-12-4-6-13(7-5-12)18-9-8-14(17)16-3/h4-7,11,15H,8-10H2,1-3H3,(H,16,17). The first-order valence-electron chi connectivity index (χ1n) is 6.25. The number of likely N-dealkylation sites (N-methyl/N-ethyl adjacent to an activating group) is 1. The molecule has 1 aromatic rings. The van der Waals surface area contributed by atoms with E-state index in [2.05, 4.69) is 29.7 Å². The summed E-state index contributed by atoms with van der Waals surface area (Å²) in [5.41, 5.74) is 1.27. The van der Waals surface area contributed by atoms with Crippen LogP contribution < -0.4 is 15.4 Å². The van der Waals surface area contributed by atoms with Gasteiger partial charge in [-0.1, -0.05) is 12.1 Å². The number of hydrogen-bond donors (Lipinski definition) is 2. The molecule has 0 aliphatic heterocycles. The van der Waals surface area contributed by atoms with Gasteiger partial charge in [0.15, 0.2) is 0 Å². The van der Waals surface area contributed by atoms with Crippen LogP contribution in [-0.4, -0.2) is 32.7 Å².